The number of esters is 2. The molecule has 0 aliphatic rings. The Morgan fingerprint density at radius 3 is 1.39 bits per heavy atom. The van der Waals surface area contributed by atoms with Gasteiger partial charge in [0.05, 0.1) is 29.2 Å². The molecular formula is C32H49NaO7S. The molecule has 1 aromatic rings. The molecule has 0 bridgehead atoms. The summed E-state index contributed by atoms with van der Waals surface area (Å²) in [6, 6.07) is 3.07. The second kappa shape index (κ2) is 25.1. The molecule has 0 N–H and O–H groups in total. The molecule has 9 heteroatoms. The Morgan fingerprint density at radius 1 is 0.634 bits per heavy atom. The fourth-order valence-corrected chi connectivity index (χ4v) is 4.91. The van der Waals surface area contributed by atoms with Crippen molar-refractivity contribution in [3.8, 4) is 0 Å². The van der Waals surface area contributed by atoms with Gasteiger partial charge in [0.1, 0.15) is 10.1 Å². The summed E-state index contributed by atoms with van der Waals surface area (Å²) in [5.74, 6) is -1.58. The van der Waals surface area contributed by atoms with Crippen LogP contribution in [0.1, 0.15) is 136 Å². The van der Waals surface area contributed by atoms with Crippen molar-refractivity contribution in [3.63, 3.8) is 0 Å². The zero-order valence-electron chi connectivity index (χ0n) is 25.2. The van der Waals surface area contributed by atoms with E-state index in [4.69, 9.17) is 9.47 Å². The molecule has 0 spiro atoms. The summed E-state index contributed by atoms with van der Waals surface area (Å²) in [5, 5.41) is 0. The first-order valence-electron chi connectivity index (χ1n) is 15.0. The molecule has 0 amide bonds. The van der Waals surface area contributed by atoms with E-state index in [1.807, 2.05) is 12.2 Å². The number of allylic oxidation sites excluding steroid dienone is 2. The van der Waals surface area contributed by atoms with E-state index in [9.17, 15) is 22.6 Å². The number of carbonyl (C=O) groups is 2. The number of hydrogen-bond acceptors (Lipinski definition) is 7. The average Bonchev–Trinajstić information content (AvgIpc) is 2.93. The van der Waals surface area contributed by atoms with Crippen molar-refractivity contribution in [3.05, 3.63) is 54.6 Å². The van der Waals surface area contributed by atoms with Crippen molar-refractivity contribution in [2.45, 2.75) is 120 Å². The minimum Gasteiger partial charge on any atom is -0.744 e. The van der Waals surface area contributed by atoms with E-state index in [2.05, 4.69) is 13.2 Å². The van der Waals surface area contributed by atoms with Gasteiger partial charge in [0.15, 0.2) is 0 Å². The van der Waals surface area contributed by atoms with Crippen LogP contribution in [0, 0.1) is 0 Å². The number of carbonyl (C=O) groups excluding carboxylic acids is 2. The third-order valence-corrected chi connectivity index (χ3v) is 7.62. The normalized spacial score (nSPS) is 11.0. The van der Waals surface area contributed by atoms with Crippen LogP contribution in [-0.2, 0) is 19.6 Å². The predicted octanol–water partition coefficient (Wildman–Crippen LogP) is 5.30. The van der Waals surface area contributed by atoms with Gasteiger partial charge in [0.2, 0.25) is 0 Å². The molecule has 7 nitrogen and oxygen atoms in total. The van der Waals surface area contributed by atoms with E-state index in [0.717, 1.165) is 69.6 Å². The minimum absolute atomic E-state index is 0. The SMILES string of the molecule is C=CCCCCCCCCCCOC(=O)c1ccc(S(=O)(=O)[O-])cc1C(=O)OCCCCCCCCCCC=C.[Na+]. The summed E-state index contributed by atoms with van der Waals surface area (Å²) in [7, 11) is -4.80. The maximum Gasteiger partial charge on any atom is 1.00 e. The van der Waals surface area contributed by atoms with Gasteiger partial charge in [0.25, 0.3) is 0 Å². The van der Waals surface area contributed by atoms with Crippen LogP contribution in [0.15, 0.2) is 48.4 Å². The second-order valence-electron chi connectivity index (χ2n) is 10.2. The molecule has 1 aromatic carbocycles. The van der Waals surface area contributed by atoms with Gasteiger partial charge in [-0.05, 0) is 56.7 Å². The van der Waals surface area contributed by atoms with E-state index < -0.39 is 27.0 Å². The molecule has 1 rings (SSSR count). The van der Waals surface area contributed by atoms with E-state index in [1.165, 1.54) is 51.4 Å². The van der Waals surface area contributed by atoms with Crippen molar-refractivity contribution in [2.24, 2.45) is 0 Å². The number of ether oxygens (including phenoxy) is 2. The molecule has 0 atom stereocenters. The average molecular weight is 601 g/mol. The number of unbranched alkanes of at least 4 members (excludes halogenated alkanes) is 16. The first-order chi connectivity index (χ1) is 19.3. The van der Waals surface area contributed by atoms with Crippen LogP contribution in [0.4, 0.5) is 0 Å². The van der Waals surface area contributed by atoms with Gasteiger partial charge in [-0.1, -0.05) is 89.2 Å². The Balaban J connectivity index is 0.0000160. The fraction of sp³-hybridized carbons (Fsp3) is 0.625. The second-order valence-corrected chi connectivity index (χ2v) is 11.6. The Morgan fingerprint density at radius 2 is 1.00 bits per heavy atom. The Bertz CT molecular complexity index is 992. The van der Waals surface area contributed by atoms with Gasteiger partial charge in [-0.2, -0.15) is 0 Å². The monoisotopic (exact) mass is 600 g/mol. The Labute approximate surface area is 270 Å². The van der Waals surface area contributed by atoms with Gasteiger partial charge in [-0.3, -0.25) is 0 Å². The van der Waals surface area contributed by atoms with Crippen molar-refractivity contribution < 1.29 is 61.6 Å². The first-order valence-corrected chi connectivity index (χ1v) is 16.4. The molecule has 0 fully saturated rings. The van der Waals surface area contributed by atoms with E-state index in [1.54, 1.807) is 0 Å². The van der Waals surface area contributed by atoms with Crippen molar-refractivity contribution in [1.82, 2.24) is 0 Å². The quantitative estimate of drug-likeness (QED) is 0.0492. The van der Waals surface area contributed by atoms with Gasteiger partial charge in [-0.15, -0.1) is 13.2 Å². The fourth-order valence-electron chi connectivity index (χ4n) is 4.41. The molecule has 226 valence electrons. The number of rotatable bonds is 25. The summed E-state index contributed by atoms with van der Waals surface area (Å²) in [4.78, 5) is 24.8. The maximum absolute atomic E-state index is 12.7. The maximum atomic E-state index is 12.7. The largest absolute Gasteiger partial charge is 1.00 e. The zero-order chi connectivity index (χ0) is 29.5. The van der Waals surface area contributed by atoms with Crippen LogP contribution < -0.4 is 29.6 Å². The van der Waals surface area contributed by atoms with Gasteiger partial charge in [-0.25, -0.2) is 18.0 Å². The minimum atomic E-state index is -4.80. The van der Waals surface area contributed by atoms with Crippen LogP contribution in [0.2, 0.25) is 0 Å². The topological polar surface area (TPSA) is 110 Å². The van der Waals surface area contributed by atoms with E-state index >= 15 is 0 Å². The van der Waals surface area contributed by atoms with Crippen LogP contribution in [0.5, 0.6) is 0 Å². The Kier molecular flexibility index (Phi) is 24.2. The number of benzene rings is 1. The molecule has 0 unspecified atom stereocenters. The smallest absolute Gasteiger partial charge is 0.744 e. The standard InChI is InChI=1S/C32H50O7S.Na/c1-3-5-7-9-11-13-15-17-19-21-25-38-31(33)29-24-23-28(40(35,36)37)27-30(29)32(34)39-26-22-20-18-16-14-12-10-8-6-4-2;/h3-4,23-24,27H,1-2,5-22,25-26H2,(H,35,36,37);/q;+1/p-1. The van der Waals surface area contributed by atoms with Crippen molar-refractivity contribution in [1.29, 1.82) is 0 Å². The summed E-state index contributed by atoms with van der Waals surface area (Å²) in [5.41, 5.74) is -0.369. The van der Waals surface area contributed by atoms with Crippen molar-refractivity contribution >= 4 is 22.1 Å². The summed E-state index contributed by atoms with van der Waals surface area (Å²) in [6.07, 6.45) is 23.2. The molecule has 0 heterocycles. The summed E-state index contributed by atoms with van der Waals surface area (Å²) < 4.78 is 45.2. The van der Waals surface area contributed by atoms with Crippen LogP contribution in [-0.4, -0.2) is 38.1 Å². The van der Waals surface area contributed by atoms with Crippen LogP contribution in [0.25, 0.3) is 0 Å². The van der Waals surface area contributed by atoms with Gasteiger partial charge >= 0.3 is 41.5 Å². The molecule has 41 heavy (non-hydrogen) atoms. The Hall–Kier alpha value is -1.45. The first kappa shape index (κ1) is 39.5. The van der Waals surface area contributed by atoms with Crippen LogP contribution >= 0.6 is 0 Å². The third kappa shape index (κ3) is 19.4. The molecule has 0 aliphatic heterocycles. The molecule has 0 aliphatic carbocycles. The molecule has 0 aromatic heterocycles. The van der Waals surface area contributed by atoms with E-state index in [-0.39, 0.29) is 53.9 Å². The number of hydrogen-bond donors (Lipinski definition) is 0. The molecule has 0 radical (unpaired) electrons. The zero-order valence-corrected chi connectivity index (χ0v) is 28.0. The molecule has 0 saturated heterocycles. The molecule has 0 saturated carbocycles. The molecular weight excluding hydrogens is 551 g/mol. The summed E-state index contributed by atoms with van der Waals surface area (Å²) >= 11 is 0. The predicted molar refractivity (Wildman–Crippen MR) is 158 cm³/mol. The third-order valence-electron chi connectivity index (χ3n) is 6.79. The van der Waals surface area contributed by atoms with Gasteiger partial charge < -0.3 is 14.0 Å². The van der Waals surface area contributed by atoms with Gasteiger partial charge in [0, 0.05) is 0 Å². The van der Waals surface area contributed by atoms with Crippen molar-refractivity contribution in [2.75, 3.05) is 13.2 Å². The summed E-state index contributed by atoms with van der Waals surface area (Å²) in [6.45, 7) is 7.80. The van der Waals surface area contributed by atoms with E-state index in [0.29, 0.717) is 12.8 Å². The van der Waals surface area contributed by atoms with Crippen LogP contribution in [0.3, 0.4) is 0 Å².